The molecule has 224 valence electrons. The fourth-order valence-electron chi connectivity index (χ4n) is 5.04. The lowest BCUT2D eigenvalue weighted by Crippen LogP contribution is -2.23. The molecule has 1 aromatic heterocycles. The summed E-state index contributed by atoms with van der Waals surface area (Å²) >= 11 is 0. The van der Waals surface area contributed by atoms with Crippen molar-refractivity contribution >= 4 is 44.9 Å². The van der Waals surface area contributed by atoms with Gasteiger partial charge in [0.05, 0.1) is 31.1 Å². The molecule has 0 spiro atoms. The molecule has 0 unspecified atom stereocenters. The largest absolute Gasteiger partial charge is 0.493 e. The van der Waals surface area contributed by atoms with Crippen LogP contribution in [0.15, 0.2) is 109 Å². The van der Waals surface area contributed by atoms with Gasteiger partial charge in [-0.2, -0.15) is 0 Å². The second kappa shape index (κ2) is 12.6. The first-order valence-corrected chi connectivity index (χ1v) is 14.2. The number of rotatable bonds is 9. The number of para-hydroxylation sites is 2. The molecule has 0 aliphatic heterocycles. The second-order valence-corrected chi connectivity index (χ2v) is 10.2. The average molecular weight is 599 g/mol. The molecule has 0 aliphatic rings. The van der Waals surface area contributed by atoms with E-state index in [1.165, 1.54) is 0 Å². The molecule has 1 heterocycles. The molecular formula is C36H30N4O5. The van der Waals surface area contributed by atoms with Crippen molar-refractivity contribution in [1.82, 2.24) is 10.3 Å². The van der Waals surface area contributed by atoms with Crippen molar-refractivity contribution in [2.75, 3.05) is 25.3 Å². The van der Waals surface area contributed by atoms with Gasteiger partial charge in [-0.15, -0.1) is 0 Å². The zero-order valence-corrected chi connectivity index (χ0v) is 24.7. The number of nitrogen functional groups attached to an aromatic ring is 1. The molecule has 45 heavy (non-hydrogen) atoms. The van der Waals surface area contributed by atoms with Crippen LogP contribution in [0.5, 0.6) is 23.0 Å². The Morgan fingerprint density at radius 2 is 1.53 bits per heavy atom. The number of hydrogen-bond acceptors (Lipinski definition) is 7. The van der Waals surface area contributed by atoms with E-state index in [9.17, 15) is 9.59 Å². The normalized spacial score (nSPS) is 10.8. The maximum atomic E-state index is 13.2. The zero-order valence-electron chi connectivity index (χ0n) is 24.7. The minimum absolute atomic E-state index is 0.211. The second-order valence-electron chi connectivity index (χ2n) is 10.2. The first-order valence-electron chi connectivity index (χ1n) is 14.2. The van der Waals surface area contributed by atoms with Crippen molar-refractivity contribution in [3.8, 4) is 23.0 Å². The Morgan fingerprint density at radius 1 is 0.756 bits per heavy atom. The summed E-state index contributed by atoms with van der Waals surface area (Å²) in [7, 11) is 3.16. The summed E-state index contributed by atoms with van der Waals surface area (Å²) < 4.78 is 17.1. The summed E-state index contributed by atoms with van der Waals surface area (Å²) in [4.78, 5) is 30.3. The Labute approximate surface area is 259 Å². The first-order chi connectivity index (χ1) is 21.9. The van der Waals surface area contributed by atoms with Crippen molar-refractivity contribution in [3.05, 3.63) is 126 Å². The van der Waals surface area contributed by atoms with E-state index in [0.717, 1.165) is 21.7 Å². The Balaban J connectivity index is 1.14. The van der Waals surface area contributed by atoms with Crippen molar-refractivity contribution in [2.24, 2.45) is 0 Å². The van der Waals surface area contributed by atoms with Crippen LogP contribution in [0, 0.1) is 0 Å². The number of methoxy groups -OCH3 is 2. The van der Waals surface area contributed by atoms with E-state index in [2.05, 4.69) is 15.6 Å². The van der Waals surface area contributed by atoms with Crippen LogP contribution in [0.1, 0.15) is 26.3 Å². The molecule has 2 amide bonds. The number of anilines is 2. The number of pyridine rings is 1. The summed E-state index contributed by atoms with van der Waals surface area (Å²) in [6.45, 7) is 0.299. The van der Waals surface area contributed by atoms with Crippen LogP contribution in [0.2, 0.25) is 0 Å². The summed E-state index contributed by atoms with van der Waals surface area (Å²) in [5, 5.41) is 8.22. The summed E-state index contributed by atoms with van der Waals surface area (Å²) in [5.74, 6) is 1.91. The van der Waals surface area contributed by atoms with Gasteiger partial charge in [0, 0.05) is 35.3 Å². The summed E-state index contributed by atoms with van der Waals surface area (Å²) in [5.41, 5.74) is 9.57. The highest BCUT2D eigenvalue weighted by Crippen LogP contribution is 2.37. The fraction of sp³-hybridized carbons (Fsp3) is 0.0833. The molecular weight excluding hydrogens is 568 g/mol. The molecule has 0 atom stereocenters. The number of carbonyl (C=O) groups excluding carboxylic acids is 2. The van der Waals surface area contributed by atoms with Crippen LogP contribution in [0.25, 0.3) is 21.7 Å². The molecule has 0 saturated heterocycles. The average Bonchev–Trinajstić information content (AvgIpc) is 3.07. The minimum Gasteiger partial charge on any atom is -0.493 e. The molecule has 6 aromatic rings. The van der Waals surface area contributed by atoms with Gasteiger partial charge in [-0.1, -0.05) is 36.4 Å². The third kappa shape index (κ3) is 6.18. The topological polar surface area (TPSA) is 125 Å². The van der Waals surface area contributed by atoms with Gasteiger partial charge >= 0.3 is 0 Å². The number of hydrogen-bond donors (Lipinski definition) is 3. The van der Waals surface area contributed by atoms with Crippen LogP contribution in [-0.2, 0) is 6.54 Å². The molecule has 9 heteroatoms. The summed E-state index contributed by atoms with van der Waals surface area (Å²) in [6, 6.07) is 30.7. The van der Waals surface area contributed by atoms with Gasteiger partial charge in [0.1, 0.15) is 11.5 Å². The smallest absolute Gasteiger partial charge is 0.255 e. The number of amides is 2. The highest BCUT2D eigenvalue weighted by Gasteiger charge is 2.14. The lowest BCUT2D eigenvalue weighted by atomic mass is 10.0. The first kappa shape index (κ1) is 29.0. The van der Waals surface area contributed by atoms with Crippen molar-refractivity contribution in [2.45, 2.75) is 6.54 Å². The highest BCUT2D eigenvalue weighted by molar-refractivity contribution is 6.07. The van der Waals surface area contributed by atoms with E-state index in [4.69, 9.17) is 19.9 Å². The lowest BCUT2D eigenvalue weighted by molar-refractivity contribution is 0.0951. The monoisotopic (exact) mass is 598 g/mol. The Hall–Kier alpha value is -6.09. The SMILES string of the molecule is COc1cc2nccc(Oc3ccc4c(C(=O)NCc5ccc(C(=O)Nc6ccccc6N)cc5)cccc4c3)c2cc1OC. The van der Waals surface area contributed by atoms with Gasteiger partial charge < -0.3 is 30.6 Å². The number of carbonyl (C=O) groups is 2. The molecule has 4 N–H and O–H groups in total. The van der Waals surface area contributed by atoms with E-state index >= 15 is 0 Å². The quantitative estimate of drug-likeness (QED) is 0.154. The Kier molecular flexibility index (Phi) is 8.15. The van der Waals surface area contributed by atoms with Gasteiger partial charge in [-0.25, -0.2) is 0 Å². The van der Waals surface area contributed by atoms with Crippen LogP contribution < -0.4 is 30.6 Å². The van der Waals surface area contributed by atoms with Crippen LogP contribution in [0.4, 0.5) is 11.4 Å². The standard InChI is InChI=1S/C36H30N4O5/c1-43-33-19-28-31(20-34(33)44-2)38-17-16-32(28)45-25-14-15-26-24(18-25)6-5-7-27(26)36(42)39-21-22-10-12-23(13-11-22)35(41)40-30-9-4-3-8-29(30)37/h3-20H,21,37H2,1-2H3,(H,39,42)(H,40,41). The van der Waals surface area contributed by atoms with Gasteiger partial charge in [0.2, 0.25) is 0 Å². The molecule has 5 aromatic carbocycles. The summed E-state index contributed by atoms with van der Waals surface area (Å²) in [6.07, 6.45) is 1.68. The van der Waals surface area contributed by atoms with Crippen molar-refractivity contribution in [1.29, 1.82) is 0 Å². The van der Waals surface area contributed by atoms with Gasteiger partial charge in [0.25, 0.3) is 11.8 Å². The molecule has 0 bridgehead atoms. The highest BCUT2D eigenvalue weighted by atomic mass is 16.5. The van der Waals surface area contributed by atoms with Crippen molar-refractivity contribution < 1.29 is 23.8 Å². The number of nitrogens with one attached hydrogen (secondary N) is 2. The predicted octanol–water partition coefficient (Wildman–Crippen LogP) is 6.96. The number of aromatic nitrogens is 1. The maximum Gasteiger partial charge on any atom is 0.255 e. The molecule has 6 rings (SSSR count). The van der Waals surface area contributed by atoms with E-state index in [1.807, 2.05) is 48.5 Å². The fourth-order valence-corrected chi connectivity index (χ4v) is 5.04. The van der Waals surface area contributed by atoms with E-state index in [1.54, 1.807) is 75.0 Å². The third-order valence-corrected chi connectivity index (χ3v) is 7.41. The van der Waals surface area contributed by atoms with Crippen LogP contribution in [0.3, 0.4) is 0 Å². The van der Waals surface area contributed by atoms with Gasteiger partial charge in [-0.3, -0.25) is 14.6 Å². The van der Waals surface area contributed by atoms with E-state index in [-0.39, 0.29) is 11.8 Å². The zero-order chi connectivity index (χ0) is 31.3. The number of nitrogens with two attached hydrogens (primary N) is 1. The van der Waals surface area contributed by atoms with Crippen LogP contribution in [-0.4, -0.2) is 31.0 Å². The molecule has 0 saturated carbocycles. The lowest BCUT2D eigenvalue weighted by Gasteiger charge is -2.13. The minimum atomic E-state index is -0.264. The van der Waals surface area contributed by atoms with Gasteiger partial charge in [0.15, 0.2) is 11.5 Å². The van der Waals surface area contributed by atoms with E-state index in [0.29, 0.717) is 57.6 Å². The predicted molar refractivity (Wildman–Crippen MR) is 175 cm³/mol. The molecule has 0 fully saturated rings. The van der Waals surface area contributed by atoms with Crippen molar-refractivity contribution in [3.63, 3.8) is 0 Å². The third-order valence-electron chi connectivity index (χ3n) is 7.41. The van der Waals surface area contributed by atoms with Crippen LogP contribution >= 0.6 is 0 Å². The number of ether oxygens (including phenoxy) is 3. The number of nitrogens with zero attached hydrogens (tertiary/aromatic N) is 1. The number of benzene rings is 5. The van der Waals surface area contributed by atoms with Gasteiger partial charge in [-0.05, 0) is 77.0 Å². The Bertz CT molecular complexity index is 2040. The Morgan fingerprint density at radius 3 is 2.31 bits per heavy atom. The molecule has 9 nitrogen and oxygen atoms in total. The maximum absolute atomic E-state index is 13.2. The molecule has 0 radical (unpaired) electrons. The number of fused-ring (bicyclic) bond motifs is 2. The molecule has 0 aliphatic carbocycles. The van der Waals surface area contributed by atoms with E-state index < -0.39 is 0 Å².